The van der Waals surface area contributed by atoms with E-state index in [1.54, 1.807) is 0 Å². The first-order valence-corrected chi connectivity index (χ1v) is 15.2. The minimum Gasteiger partial charge on any atom is -0.480 e. The van der Waals surface area contributed by atoms with Crippen LogP contribution >= 0.6 is 0 Å². The maximum Gasteiger partial charge on any atom is 0.326 e. The Balaban J connectivity index is 1.31. The van der Waals surface area contributed by atoms with Crippen molar-refractivity contribution in [1.82, 2.24) is 5.32 Å². The first-order chi connectivity index (χ1) is 18.0. The molecule has 0 bridgehead atoms. The molecular formula is C30H52N4O4. The maximum absolute atomic E-state index is 12.7. The van der Waals surface area contributed by atoms with E-state index in [-0.39, 0.29) is 18.0 Å². The number of aliphatic carboxylic acids is 1. The van der Waals surface area contributed by atoms with Crippen molar-refractivity contribution >= 4 is 17.8 Å². The van der Waals surface area contributed by atoms with Gasteiger partial charge in [0.25, 0.3) is 0 Å². The van der Waals surface area contributed by atoms with Crippen molar-refractivity contribution in [2.75, 3.05) is 6.54 Å². The van der Waals surface area contributed by atoms with Crippen LogP contribution in [0.4, 0.5) is 0 Å². The second-order valence-corrected chi connectivity index (χ2v) is 13.7. The number of aliphatic imine (C=N–C) groups is 1. The van der Waals surface area contributed by atoms with Gasteiger partial charge < -0.3 is 27.0 Å². The monoisotopic (exact) mass is 532 g/mol. The summed E-state index contributed by atoms with van der Waals surface area (Å²) < 4.78 is 0. The molecule has 1 unspecified atom stereocenters. The fourth-order valence-corrected chi connectivity index (χ4v) is 9.80. The number of fused-ring (bicyclic) bond motifs is 5. The van der Waals surface area contributed by atoms with E-state index in [1.165, 1.54) is 44.9 Å². The zero-order valence-electron chi connectivity index (χ0n) is 23.8. The quantitative estimate of drug-likeness (QED) is 0.163. The number of rotatable bonds is 10. The topological polar surface area (TPSA) is 151 Å². The lowest BCUT2D eigenvalue weighted by molar-refractivity contribution is -0.142. The molecule has 4 aliphatic rings. The lowest BCUT2D eigenvalue weighted by Crippen LogP contribution is -2.54. The molecule has 8 nitrogen and oxygen atoms in total. The van der Waals surface area contributed by atoms with Crippen LogP contribution in [-0.4, -0.2) is 46.7 Å². The molecule has 7 N–H and O–H groups in total. The van der Waals surface area contributed by atoms with Gasteiger partial charge in [-0.25, -0.2) is 4.79 Å². The molecule has 0 aromatic heterocycles. The van der Waals surface area contributed by atoms with E-state index < -0.39 is 12.0 Å². The number of aliphatic hydroxyl groups excluding tert-OH is 1. The Morgan fingerprint density at radius 1 is 1.00 bits per heavy atom. The van der Waals surface area contributed by atoms with Gasteiger partial charge in [-0.3, -0.25) is 9.79 Å². The van der Waals surface area contributed by atoms with Crippen LogP contribution in [0, 0.1) is 46.3 Å². The third-order valence-electron chi connectivity index (χ3n) is 11.8. The minimum atomic E-state index is -1.02. The van der Waals surface area contributed by atoms with Crippen molar-refractivity contribution in [1.29, 1.82) is 0 Å². The number of guanidine groups is 1. The number of hydrogen-bond acceptors (Lipinski definition) is 4. The van der Waals surface area contributed by atoms with E-state index in [1.807, 2.05) is 0 Å². The average molecular weight is 533 g/mol. The predicted molar refractivity (Wildman–Crippen MR) is 149 cm³/mol. The lowest BCUT2D eigenvalue weighted by Gasteiger charge is -2.61. The standard InChI is InChI=1S/C30H52N4O4/c1-18(6-11-26(36)34-25(27(37)38)5-4-16-33-28(31)32)22-9-10-23-21-8-7-19-17-20(35)12-14-29(19,2)24(21)13-15-30(22,23)3/h18-25,35H,4-17H2,1-3H3,(H,34,36)(H,37,38)(H4,31,32,33)/t18-,19?,20-,21+,22-,23+,24+,25-,29+,30-/m1/s1. The molecule has 4 saturated carbocycles. The molecule has 0 aromatic rings. The fourth-order valence-electron chi connectivity index (χ4n) is 9.80. The van der Waals surface area contributed by atoms with Crippen molar-refractivity contribution in [3.8, 4) is 0 Å². The number of hydrogen-bond donors (Lipinski definition) is 5. The fraction of sp³-hybridized carbons (Fsp3) is 0.900. The Kier molecular flexibility index (Phi) is 9.00. The third-order valence-corrected chi connectivity index (χ3v) is 11.8. The summed E-state index contributed by atoms with van der Waals surface area (Å²) in [5.74, 6) is 2.91. The van der Waals surface area contributed by atoms with Crippen molar-refractivity contribution in [2.45, 2.75) is 116 Å². The molecule has 4 fully saturated rings. The summed E-state index contributed by atoms with van der Waals surface area (Å²) in [5, 5.41) is 22.6. The summed E-state index contributed by atoms with van der Waals surface area (Å²) in [6, 6.07) is -0.909. The molecule has 0 saturated heterocycles. The highest BCUT2D eigenvalue weighted by Crippen LogP contribution is 2.68. The summed E-state index contributed by atoms with van der Waals surface area (Å²) >= 11 is 0. The number of carboxylic acid groups (broad SMARTS) is 1. The number of carbonyl (C=O) groups excluding carboxylic acids is 1. The molecule has 0 aliphatic heterocycles. The summed E-state index contributed by atoms with van der Waals surface area (Å²) in [6.07, 6.45) is 12.8. The third kappa shape index (κ3) is 5.85. The number of nitrogens with one attached hydrogen (secondary N) is 1. The van der Waals surface area contributed by atoms with Gasteiger partial charge in [0, 0.05) is 13.0 Å². The van der Waals surface area contributed by atoms with Crippen LogP contribution in [0.2, 0.25) is 0 Å². The second-order valence-electron chi connectivity index (χ2n) is 13.7. The molecule has 4 rings (SSSR count). The molecule has 38 heavy (non-hydrogen) atoms. The van der Waals surface area contributed by atoms with Gasteiger partial charge >= 0.3 is 5.97 Å². The number of amides is 1. The van der Waals surface area contributed by atoms with Gasteiger partial charge in [0.2, 0.25) is 5.91 Å². The Labute approximate surface area is 228 Å². The first kappa shape index (κ1) is 29.2. The van der Waals surface area contributed by atoms with E-state index in [4.69, 9.17) is 11.5 Å². The average Bonchev–Trinajstić information content (AvgIpc) is 3.22. The normalized spacial score (nSPS) is 39.7. The molecule has 1 amide bonds. The summed E-state index contributed by atoms with van der Waals surface area (Å²) in [5.41, 5.74) is 11.4. The van der Waals surface area contributed by atoms with Crippen LogP contribution in [0.15, 0.2) is 4.99 Å². The van der Waals surface area contributed by atoms with E-state index >= 15 is 0 Å². The molecule has 216 valence electrons. The number of nitrogens with zero attached hydrogens (tertiary/aromatic N) is 1. The highest BCUT2D eigenvalue weighted by atomic mass is 16.4. The smallest absolute Gasteiger partial charge is 0.326 e. The van der Waals surface area contributed by atoms with Crippen molar-refractivity contribution in [2.24, 2.45) is 62.8 Å². The highest BCUT2D eigenvalue weighted by molar-refractivity contribution is 5.83. The Morgan fingerprint density at radius 2 is 1.71 bits per heavy atom. The number of carbonyl (C=O) groups is 2. The highest BCUT2D eigenvalue weighted by Gasteiger charge is 2.60. The van der Waals surface area contributed by atoms with Crippen LogP contribution in [0.1, 0.15) is 104 Å². The van der Waals surface area contributed by atoms with Gasteiger partial charge in [-0.05, 0) is 123 Å². The summed E-state index contributed by atoms with van der Waals surface area (Å²) in [6.45, 7) is 7.74. The van der Waals surface area contributed by atoms with Crippen LogP contribution < -0.4 is 16.8 Å². The van der Waals surface area contributed by atoms with Crippen LogP contribution in [0.3, 0.4) is 0 Å². The number of carboxylic acids is 1. The molecule has 0 radical (unpaired) electrons. The Bertz CT molecular complexity index is 891. The molecular weight excluding hydrogens is 480 g/mol. The molecule has 10 atom stereocenters. The summed E-state index contributed by atoms with van der Waals surface area (Å²) in [7, 11) is 0. The molecule has 4 aliphatic carbocycles. The molecule has 0 spiro atoms. The van der Waals surface area contributed by atoms with E-state index in [0.717, 1.165) is 37.0 Å². The van der Waals surface area contributed by atoms with E-state index in [0.29, 0.717) is 54.4 Å². The maximum atomic E-state index is 12.7. The predicted octanol–water partition coefficient (Wildman–Crippen LogP) is 4.05. The van der Waals surface area contributed by atoms with Crippen molar-refractivity contribution in [3.05, 3.63) is 0 Å². The van der Waals surface area contributed by atoms with Crippen molar-refractivity contribution < 1.29 is 19.8 Å². The lowest BCUT2D eigenvalue weighted by atomic mass is 9.44. The van der Waals surface area contributed by atoms with Gasteiger partial charge in [-0.15, -0.1) is 0 Å². The van der Waals surface area contributed by atoms with E-state index in [2.05, 4.69) is 31.1 Å². The van der Waals surface area contributed by atoms with Crippen LogP contribution in [-0.2, 0) is 9.59 Å². The summed E-state index contributed by atoms with van der Waals surface area (Å²) in [4.78, 5) is 28.2. The van der Waals surface area contributed by atoms with Gasteiger partial charge in [-0.1, -0.05) is 20.8 Å². The van der Waals surface area contributed by atoms with E-state index in [9.17, 15) is 19.8 Å². The van der Waals surface area contributed by atoms with Crippen molar-refractivity contribution in [3.63, 3.8) is 0 Å². The number of aliphatic hydroxyl groups is 1. The Hall–Kier alpha value is -1.83. The number of nitrogens with two attached hydrogens (primary N) is 2. The largest absolute Gasteiger partial charge is 0.480 e. The first-order valence-electron chi connectivity index (χ1n) is 15.2. The van der Waals surface area contributed by atoms with Gasteiger partial charge in [0.1, 0.15) is 6.04 Å². The van der Waals surface area contributed by atoms with Crippen LogP contribution in [0.5, 0.6) is 0 Å². The zero-order chi connectivity index (χ0) is 27.7. The van der Waals surface area contributed by atoms with Gasteiger partial charge in [-0.2, -0.15) is 0 Å². The zero-order valence-corrected chi connectivity index (χ0v) is 23.8. The van der Waals surface area contributed by atoms with Gasteiger partial charge in [0.05, 0.1) is 6.10 Å². The van der Waals surface area contributed by atoms with Crippen LogP contribution in [0.25, 0.3) is 0 Å². The molecule has 0 aromatic carbocycles. The molecule has 0 heterocycles. The minimum absolute atomic E-state index is 0.0121. The Morgan fingerprint density at radius 3 is 2.42 bits per heavy atom. The molecule has 8 heteroatoms. The SMILES string of the molecule is C[C@H](CCC(=O)N[C@H](CCCN=C(N)N)C(=O)O)[C@H]1CC[C@H]2[C@@H]3CCC4C[C@H](O)CC[C@]4(C)[C@H]3CC[C@]12C. The second kappa shape index (κ2) is 11.7. The van der Waals surface area contributed by atoms with Gasteiger partial charge in [0.15, 0.2) is 5.96 Å².